The normalized spacial score (nSPS) is 11.9. The lowest BCUT2D eigenvalue weighted by Gasteiger charge is -2.13. The van der Waals surface area contributed by atoms with Gasteiger partial charge in [-0.2, -0.15) is 13.2 Å². The molecule has 1 aromatic rings. The summed E-state index contributed by atoms with van der Waals surface area (Å²) in [6.07, 6.45) is -4.37. The molecular formula is C11H14ClF3N2. The van der Waals surface area contributed by atoms with Gasteiger partial charge in [-0.05, 0) is 32.3 Å². The summed E-state index contributed by atoms with van der Waals surface area (Å²) in [6, 6.07) is 3.45. The molecule has 1 aromatic carbocycles. The van der Waals surface area contributed by atoms with E-state index in [1.165, 1.54) is 6.07 Å². The molecule has 0 fully saturated rings. The molecule has 0 aliphatic rings. The highest BCUT2D eigenvalue weighted by Gasteiger charge is 2.31. The number of halogens is 4. The van der Waals surface area contributed by atoms with Crippen molar-refractivity contribution in [3.8, 4) is 0 Å². The van der Waals surface area contributed by atoms with Gasteiger partial charge in [0, 0.05) is 23.8 Å². The Bertz CT molecular complexity index is 377. The predicted molar refractivity (Wildman–Crippen MR) is 63.5 cm³/mol. The molecule has 2 nitrogen and oxygen atoms in total. The highest BCUT2D eigenvalue weighted by molar-refractivity contribution is 6.30. The molecule has 0 atom stereocenters. The third-order valence-electron chi connectivity index (χ3n) is 2.11. The molecule has 6 heteroatoms. The van der Waals surface area contributed by atoms with Gasteiger partial charge < -0.3 is 10.2 Å². The first-order valence-electron chi connectivity index (χ1n) is 5.05. The van der Waals surface area contributed by atoms with Crippen LogP contribution >= 0.6 is 11.6 Å². The van der Waals surface area contributed by atoms with E-state index in [4.69, 9.17) is 11.6 Å². The highest BCUT2D eigenvalue weighted by Crippen LogP contribution is 2.33. The van der Waals surface area contributed by atoms with Crippen LogP contribution in [0.3, 0.4) is 0 Å². The Morgan fingerprint density at radius 2 is 1.88 bits per heavy atom. The highest BCUT2D eigenvalue weighted by atomic mass is 35.5. The zero-order valence-electron chi connectivity index (χ0n) is 9.61. The second-order valence-electron chi connectivity index (χ2n) is 3.96. The monoisotopic (exact) mass is 266 g/mol. The molecule has 17 heavy (non-hydrogen) atoms. The second kappa shape index (κ2) is 5.60. The minimum Gasteiger partial charge on any atom is -0.384 e. The smallest absolute Gasteiger partial charge is 0.384 e. The summed E-state index contributed by atoms with van der Waals surface area (Å²) >= 11 is 5.65. The zero-order chi connectivity index (χ0) is 13.1. The number of nitrogens with zero attached hydrogens (tertiary/aromatic N) is 1. The summed E-state index contributed by atoms with van der Waals surface area (Å²) in [4.78, 5) is 1.93. The average molecular weight is 267 g/mol. The van der Waals surface area contributed by atoms with Crippen LogP contribution in [-0.2, 0) is 6.18 Å². The van der Waals surface area contributed by atoms with Crippen molar-refractivity contribution < 1.29 is 13.2 Å². The van der Waals surface area contributed by atoms with Crippen LogP contribution in [0.4, 0.5) is 18.9 Å². The van der Waals surface area contributed by atoms with Gasteiger partial charge in [0.05, 0.1) is 5.56 Å². The Morgan fingerprint density at radius 3 is 2.41 bits per heavy atom. The quantitative estimate of drug-likeness (QED) is 0.899. The molecule has 0 aliphatic heterocycles. The van der Waals surface area contributed by atoms with E-state index in [0.717, 1.165) is 18.7 Å². The molecule has 96 valence electrons. The van der Waals surface area contributed by atoms with Crippen LogP contribution in [0.2, 0.25) is 5.02 Å². The van der Waals surface area contributed by atoms with Crippen LogP contribution in [0.25, 0.3) is 0 Å². The SMILES string of the molecule is CN(C)CCNc1cc(Cl)cc(C(F)(F)F)c1. The second-order valence-corrected chi connectivity index (χ2v) is 4.39. The fraction of sp³-hybridized carbons (Fsp3) is 0.455. The van der Waals surface area contributed by atoms with Gasteiger partial charge in [-0.25, -0.2) is 0 Å². The third-order valence-corrected chi connectivity index (χ3v) is 2.33. The van der Waals surface area contributed by atoms with Gasteiger partial charge in [-0.15, -0.1) is 0 Å². The lowest BCUT2D eigenvalue weighted by molar-refractivity contribution is -0.137. The van der Waals surface area contributed by atoms with Crippen LogP contribution in [0.15, 0.2) is 18.2 Å². The van der Waals surface area contributed by atoms with Crippen molar-refractivity contribution in [1.82, 2.24) is 4.90 Å². The van der Waals surface area contributed by atoms with Crippen LogP contribution in [0.1, 0.15) is 5.56 Å². The Kier molecular flexibility index (Phi) is 4.65. The maximum atomic E-state index is 12.5. The van der Waals surface area contributed by atoms with E-state index in [-0.39, 0.29) is 5.02 Å². The molecule has 0 radical (unpaired) electrons. The van der Waals surface area contributed by atoms with Crippen molar-refractivity contribution >= 4 is 17.3 Å². The van der Waals surface area contributed by atoms with E-state index in [1.54, 1.807) is 0 Å². The zero-order valence-corrected chi connectivity index (χ0v) is 10.4. The minimum atomic E-state index is -4.37. The van der Waals surface area contributed by atoms with Crippen LogP contribution in [0.5, 0.6) is 0 Å². The van der Waals surface area contributed by atoms with Crippen molar-refractivity contribution in [1.29, 1.82) is 0 Å². The van der Waals surface area contributed by atoms with Crippen molar-refractivity contribution in [2.45, 2.75) is 6.18 Å². The maximum absolute atomic E-state index is 12.5. The number of benzene rings is 1. The molecule has 1 rings (SSSR count). The summed E-state index contributed by atoms with van der Waals surface area (Å²) < 4.78 is 37.5. The van der Waals surface area contributed by atoms with Crippen LogP contribution in [-0.4, -0.2) is 32.1 Å². The molecule has 0 amide bonds. The van der Waals surface area contributed by atoms with Crippen molar-refractivity contribution in [3.05, 3.63) is 28.8 Å². The molecule has 0 unspecified atom stereocenters. The predicted octanol–water partition coefficient (Wildman–Crippen LogP) is 3.33. The number of hydrogen-bond acceptors (Lipinski definition) is 2. The number of rotatable bonds is 4. The molecule has 0 heterocycles. The van der Waals surface area contributed by atoms with Crippen molar-refractivity contribution in [2.24, 2.45) is 0 Å². The number of hydrogen-bond donors (Lipinski definition) is 1. The lowest BCUT2D eigenvalue weighted by atomic mass is 10.2. The largest absolute Gasteiger partial charge is 0.416 e. The molecular weight excluding hydrogens is 253 g/mol. The van der Waals surface area contributed by atoms with E-state index < -0.39 is 11.7 Å². The summed E-state index contributed by atoms with van der Waals surface area (Å²) in [5, 5.41) is 2.98. The van der Waals surface area contributed by atoms with Gasteiger partial charge in [0.25, 0.3) is 0 Å². The lowest BCUT2D eigenvalue weighted by Crippen LogP contribution is -2.21. The summed E-state index contributed by atoms with van der Waals surface area (Å²) in [7, 11) is 3.78. The van der Waals surface area contributed by atoms with Gasteiger partial charge in [0.2, 0.25) is 0 Å². The summed E-state index contributed by atoms with van der Waals surface area (Å²) in [5.41, 5.74) is -0.357. The Morgan fingerprint density at radius 1 is 1.24 bits per heavy atom. The number of nitrogens with one attached hydrogen (secondary N) is 1. The Balaban J connectivity index is 2.76. The van der Waals surface area contributed by atoms with E-state index in [9.17, 15) is 13.2 Å². The van der Waals surface area contributed by atoms with Gasteiger partial charge in [0.15, 0.2) is 0 Å². The van der Waals surface area contributed by atoms with Gasteiger partial charge in [0.1, 0.15) is 0 Å². The molecule has 0 saturated carbocycles. The van der Waals surface area contributed by atoms with Crippen LogP contribution < -0.4 is 5.32 Å². The first kappa shape index (κ1) is 14.1. The first-order chi connectivity index (χ1) is 7.79. The summed E-state index contributed by atoms with van der Waals surface area (Å²) in [6.45, 7) is 1.29. The van der Waals surface area contributed by atoms with Crippen LogP contribution in [0, 0.1) is 0 Å². The topological polar surface area (TPSA) is 15.3 Å². The van der Waals surface area contributed by atoms with Gasteiger partial charge in [-0.1, -0.05) is 11.6 Å². The fourth-order valence-electron chi connectivity index (χ4n) is 1.28. The minimum absolute atomic E-state index is 0.0761. The average Bonchev–Trinajstić information content (AvgIpc) is 2.14. The summed E-state index contributed by atoms with van der Waals surface area (Å²) in [5.74, 6) is 0. The van der Waals surface area contributed by atoms with Crippen molar-refractivity contribution in [3.63, 3.8) is 0 Å². The molecule has 1 N–H and O–H groups in total. The molecule has 0 aliphatic carbocycles. The fourth-order valence-corrected chi connectivity index (χ4v) is 1.51. The van der Waals surface area contributed by atoms with Crippen molar-refractivity contribution in [2.75, 3.05) is 32.5 Å². The van der Waals surface area contributed by atoms with E-state index in [2.05, 4.69) is 5.32 Å². The Labute approximate surface area is 103 Å². The third kappa shape index (κ3) is 4.83. The molecule has 0 bridgehead atoms. The van der Waals surface area contributed by atoms with E-state index in [1.807, 2.05) is 19.0 Å². The molecule has 0 spiro atoms. The van der Waals surface area contributed by atoms with Gasteiger partial charge in [-0.3, -0.25) is 0 Å². The standard InChI is InChI=1S/C11H14ClF3N2/c1-17(2)4-3-16-10-6-8(11(13,14)15)5-9(12)7-10/h5-7,16H,3-4H2,1-2H3. The number of likely N-dealkylation sites (N-methyl/N-ethyl adjacent to an activating group) is 1. The molecule has 0 aromatic heterocycles. The Hall–Kier alpha value is -0.940. The maximum Gasteiger partial charge on any atom is 0.416 e. The van der Waals surface area contributed by atoms with E-state index >= 15 is 0 Å². The van der Waals surface area contributed by atoms with Gasteiger partial charge >= 0.3 is 6.18 Å². The molecule has 0 saturated heterocycles. The first-order valence-corrected chi connectivity index (χ1v) is 5.43. The number of anilines is 1. The van der Waals surface area contributed by atoms with E-state index in [0.29, 0.717) is 12.2 Å². The number of alkyl halides is 3.